The van der Waals surface area contributed by atoms with E-state index < -0.39 is 0 Å². The van der Waals surface area contributed by atoms with E-state index in [9.17, 15) is 4.39 Å². The molecule has 1 heterocycles. The van der Waals surface area contributed by atoms with E-state index in [4.69, 9.17) is 0 Å². The average molecular weight is 417 g/mol. The molecule has 2 atom stereocenters. The van der Waals surface area contributed by atoms with Crippen LogP contribution in [-0.2, 0) is 6.54 Å². The van der Waals surface area contributed by atoms with E-state index in [-0.39, 0.29) is 29.8 Å². The van der Waals surface area contributed by atoms with Crippen molar-refractivity contribution in [1.29, 1.82) is 0 Å². The normalized spacial score (nSPS) is 24.6. The molecule has 3 nitrogen and oxygen atoms in total. The summed E-state index contributed by atoms with van der Waals surface area (Å²) in [6, 6.07) is 6.91. The van der Waals surface area contributed by atoms with Gasteiger partial charge in [0.05, 0.1) is 0 Å². The summed E-state index contributed by atoms with van der Waals surface area (Å²) in [5, 5.41) is 3.31. The molecule has 3 rings (SSSR count). The van der Waals surface area contributed by atoms with Gasteiger partial charge in [0.1, 0.15) is 5.82 Å². The summed E-state index contributed by atoms with van der Waals surface area (Å²) in [6.07, 6.45) is 5.45. The van der Waals surface area contributed by atoms with Crippen molar-refractivity contribution in [3.63, 3.8) is 0 Å². The second kappa shape index (κ2) is 8.13. The number of halogens is 2. The van der Waals surface area contributed by atoms with Gasteiger partial charge in [0.2, 0.25) is 0 Å². The van der Waals surface area contributed by atoms with E-state index in [0.29, 0.717) is 12.1 Å². The first-order chi connectivity index (χ1) is 10.3. The van der Waals surface area contributed by atoms with Gasteiger partial charge in [0.25, 0.3) is 0 Å². The number of hydrogen-bond donors (Lipinski definition) is 1. The van der Waals surface area contributed by atoms with Crippen LogP contribution in [0.5, 0.6) is 0 Å². The van der Waals surface area contributed by atoms with Crippen molar-refractivity contribution in [1.82, 2.24) is 10.2 Å². The zero-order valence-electron chi connectivity index (χ0n) is 13.1. The van der Waals surface area contributed by atoms with Gasteiger partial charge < -0.3 is 10.2 Å². The minimum atomic E-state index is -0.157. The van der Waals surface area contributed by atoms with Crippen LogP contribution in [0.3, 0.4) is 0 Å². The summed E-state index contributed by atoms with van der Waals surface area (Å²) in [5.41, 5.74) is 0.690. The topological polar surface area (TPSA) is 27.6 Å². The first kappa shape index (κ1) is 17.5. The maximum Gasteiger partial charge on any atom is 0.193 e. The van der Waals surface area contributed by atoms with Crippen molar-refractivity contribution in [3.8, 4) is 0 Å². The lowest BCUT2D eigenvalue weighted by molar-refractivity contribution is 0.299. The van der Waals surface area contributed by atoms with Crippen LogP contribution in [0.2, 0.25) is 0 Å². The Morgan fingerprint density at radius 2 is 1.86 bits per heavy atom. The van der Waals surface area contributed by atoms with Gasteiger partial charge in [-0.1, -0.05) is 31.0 Å². The summed E-state index contributed by atoms with van der Waals surface area (Å²) in [5.74, 6) is 2.40. The maximum absolute atomic E-state index is 13.7. The van der Waals surface area contributed by atoms with Gasteiger partial charge in [-0.3, -0.25) is 4.99 Å². The molecule has 1 aromatic rings. The second-order valence-electron chi connectivity index (χ2n) is 6.20. The van der Waals surface area contributed by atoms with Gasteiger partial charge in [-0.15, -0.1) is 24.0 Å². The molecule has 1 aliphatic heterocycles. The van der Waals surface area contributed by atoms with E-state index in [0.717, 1.165) is 30.9 Å². The maximum atomic E-state index is 13.7. The highest BCUT2D eigenvalue weighted by Crippen LogP contribution is 2.35. The zero-order chi connectivity index (χ0) is 14.7. The summed E-state index contributed by atoms with van der Waals surface area (Å²) in [6.45, 7) is 2.69. The van der Waals surface area contributed by atoms with Gasteiger partial charge >= 0.3 is 0 Å². The quantitative estimate of drug-likeness (QED) is 0.452. The number of fused-ring (bicyclic) bond motifs is 1. The number of nitrogens with one attached hydrogen (secondary N) is 1. The molecule has 5 heteroatoms. The number of rotatable bonds is 2. The molecule has 2 fully saturated rings. The Labute approximate surface area is 149 Å². The number of aliphatic imine (C=N–C) groups is 1. The van der Waals surface area contributed by atoms with Crippen LogP contribution in [0.25, 0.3) is 0 Å². The first-order valence-corrected chi connectivity index (χ1v) is 7.97. The minimum Gasteiger partial charge on any atom is -0.352 e. The van der Waals surface area contributed by atoms with Crippen molar-refractivity contribution < 1.29 is 4.39 Å². The summed E-state index contributed by atoms with van der Waals surface area (Å²) >= 11 is 0. The third-order valence-electron chi connectivity index (χ3n) is 4.88. The molecular weight excluding hydrogens is 392 g/mol. The lowest BCUT2D eigenvalue weighted by Crippen LogP contribution is -2.40. The molecule has 22 heavy (non-hydrogen) atoms. The standard InChI is InChI=1S/C17H24FN3.HI/c1-19-17(20-10-13-6-4-5-9-16(13)18)21-11-14-7-2-3-8-15(14)12-21;/h4-6,9,14-15H,2-3,7-8,10-12H2,1H3,(H,19,20);1H. The molecule has 0 aromatic heterocycles. The Hall–Kier alpha value is -0.850. The Balaban J connectivity index is 0.00000176. The predicted molar refractivity (Wildman–Crippen MR) is 99.0 cm³/mol. The zero-order valence-corrected chi connectivity index (χ0v) is 15.4. The highest BCUT2D eigenvalue weighted by Gasteiger charge is 2.35. The van der Waals surface area contributed by atoms with Crippen molar-refractivity contribution in [2.75, 3.05) is 20.1 Å². The Morgan fingerprint density at radius 1 is 1.23 bits per heavy atom. The van der Waals surface area contributed by atoms with Crippen LogP contribution >= 0.6 is 24.0 Å². The number of guanidine groups is 1. The molecule has 1 saturated heterocycles. The minimum absolute atomic E-state index is 0. The molecule has 122 valence electrons. The number of likely N-dealkylation sites (tertiary alicyclic amines) is 1. The highest BCUT2D eigenvalue weighted by atomic mass is 127. The van der Waals surface area contributed by atoms with Crippen molar-refractivity contribution in [3.05, 3.63) is 35.6 Å². The monoisotopic (exact) mass is 417 g/mol. The van der Waals surface area contributed by atoms with Gasteiger partial charge in [-0.25, -0.2) is 4.39 Å². The average Bonchev–Trinajstić information content (AvgIpc) is 2.93. The molecule has 2 aliphatic rings. The van der Waals surface area contributed by atoms with Crippen LogP contribution in [0.15, 0.2) is 29.3 Å². The largest absolute Gasteiger partial charge is 0.352 e. The number of nitrogens with zero attached hydrogens (tertiary/aromatic N) is 2. The van der Waals surface area contributed by atoms with Gasteiger partial charge in [0.15, 0.2) is 5.96 Å². The van der Waals surface area contributed by atoms with Crippen molar-refractivity contribution >= 4 is 29.9 Å². The fourth-order valence-corrected chi connectivity index (χ4v) is 3.73. The molecule has 0 bridgehead atoms. The van der Waals surface area contributed by atoms with E-state index in [1.807, 2.05) is 19.2 Å². The number of benzene rings is 1. The van der Waals surface area contributed by atoms with Crippen LogP contribution < -0.4 is 5.32 Å². The van der Waals surface area contributed by atoms with Crippen molar-refractivity contribution in [2.24, 2.45) is 16.8 Å². The molecule has 0 amide bonds. The Bertz CT molecular complexity index is 506. The second-order valence-corrected chi connectivity index (χ2v) is 6.20. The van der Waals surface area contributed by atoms with Crippen LogP contribution in [0.4, 0.5) is 4.39 Å². The fourth-order valence-electron chi connectivity index (χ4n) is 3.73. The van der Waals surface area contributed by atoms with Crippen LogP contribution in [0.1, 0.15) is 31.2 Å². The van der Waals surface area contributed by atoms with E-state index in [2.05, 4.69) is 15.2 Å². The molecule has 1 aliphatic carbocycles. The van der Waals surface area contributed by atoms with E-state index in [1.54, 1.807) is 6.07 Å². The predicted octanol–water partition coefficient (Wildman–Crippen LogP) is 3.64. The number of hydrogen-bond acceptors (Lipinski definition) is 1. The molecule has 1 saturated carbocycles. The lowest BCUT2D eigenvalue weighted by Gasteiger charge is -2.22. The summed E-state index contributed by atoms with van der Waals surface area (Å²) in [4.78, 5) is 6.73. The van der Waals surface area contributed by atoms with Crippen LogP contribution in [-0.4, -0.2) is 31.0 Å². The SMILES string of the molecule is CN=C(NCc1ccccc1F)N1CC2CCCCC2C1.I. The third kappa shape index (κ3) is 3.91. The molecule has 2 unspecified atom stereocenters. The summed E-state index contributed by atoms with van der Waals surface area (Å²) in [7, 11) is 1.81. The molecule has 0 radical (unpaired) electrons. The summed E-state index contributed by atoms with van der Waals surface area (Å²) < 4.78 is 13.7. The highest BCUT2D eigenvalue weighted by molar-refractivity contribution is 14.0. The third-order valence-corrected chi connectivity index (χ3v) is 4.88. The first-order valence-electron chi connectivity index (χ1n) is 7.97. The van der Waals surface area contributed by atoms with Gasteiger partial charge in [-0.05, 0) is 30.7 Å². The van der Waals surface area contributed by atoms with Gasteiger partial charge in [0, 0.05) is 32.2 Å². The lowest BCUT2D eigenvalue weighted by atomic mass is 9.82. The fraction of sp³-hybridized carbons (Fsp3) is 0.588. The van der Waals surface area contributed by atoms with E-state index in [1.165, 1.54) is 31.7 Å². The molecule has 0 spiro atoms. The molecule has 1 N–H and O–H groups in total. The smallest absolute Gasteiger partial charge is 0.193 e. The molecule has 1 aromatic carbocycles. The Kier molecular flexibility index (Phi) is 6.47. The Morgan fingerprint density at radius 3 is 2.45 bits per heavy atom. The van der Waals surface area contributed by atoms with Gasteiger partial charge in [-0.2, -0.15) is 0 Å². The van der Waals surface area contributed by atoms with E-state index >= 15 is 0 Å². The van der Waals surface area contributed by atoms with Crippen LogP contribution in [0, 0.1) is 17.7 Å². The van der Waals surface area contributed by atoms with Crippen molar-refractivity contribution in [2.45, 2.75) is 32.2 Å². The molecular formula is C17H25FIN3.